The van der Waals surface area contributed by atoms with E-state index in [0.717, 1.165) is 0 Å². The summed E-state index contributed by atoms with van der Waals surface area (Å²) in [7, 11) is 0. The number of likely N-dealkylation sites (tertiary alicyclic amines) is 1. The van der Waals surface area contributed by atoms with Crippen LogP contribution in [0.25, 0.3) is 0 Å². The van der Waals surface area contributed by atoms with Gasteiger partial charge in [0, 0.05) is 25.5 Å². The van der Waals surface area contributed by atoms with E-state index in [9.17, 15) is 4.79 Å². The van der Waals surface area contributed by atoms with Crippen LogP contribution in [0.2, 0.25) is 0 Å². The van der Waals surface area contributed by atoms with Crippen molar-refractivity contribution in [1.82, 2.24) is 20.0 Å². The zero-order chi connectivity index (χ0) is 12.5. The molecule has 0 saturated carbocycles. The molecular formula is C12H12N4O2. The highest BCUT2D eigenvalue weighted by atomic mass is 16.5. The van der Waals surface area contributed by atoms with Gasteiger partial charge in [-0.1, -0.05) is 5.16 Å². The maximum absolute atomic E-state index is 12.0. The number of carbonyl (C=O) groups excluding carboxylic acids is 1. The van der Waals surface area contributed by atoms with Crippen molar-refractivity contribution in [3.8, 4) is 0 Å². The van der Waals surface area contributed by atoms with Crippen molar-refractivity contribution < 1.29 is 9.32 Å². The smallest absolute Gasteiger partial charge is 0.255 e. The fourth-order valence-corrected chi connectivity index (χ4v) is 1.95. The number of carbonyl (C=O) groups is 1. The number of aryl methyl sites for hydroxylation is 1. The summed E-state index contributed by atoms with van der Waals surface area (Å²) >= 11 is 0. The Morgan fingerprint density at radius 3 is 2.94 bits per heavy atom. The molecular weight excluding hydrogens is 232 g/mol. The van der Waals surface area contributed by atoms with E-state index in [0.29, 0.717) is 30.4 Å². The average molecular weight is 244 g/mol. The second kappa shape index (κ2) is 4.21. The second-order valence-electron chi connectivity index (χ2n) is 4.33. The highest BCUT2D eigenvalue weighted by Gasteiger charge is 2.35. The van der Waals surface area contributed by atoms with Crippen LogP contribution in [-0.4, -0.2) is 39.0 Å². The molecule has 1 fully saturated rings. The van der Waals surface area contributed by atoms with E-state index in [1.54, 1.807) is 36.4 Å². The lowest BCUT2D eigenvalue weighted by Crippen LogP contribution is -2.48. The zero-order valence-electron chi connectivity index (χ0n) is 9.91. The molecule has 0 aliphatic carbocycles. The van der Waals surface area contributed by atoms with E-state index in [1.165, 1.54) is 0 Å². The van der Waals surface area contributed by atoms with Crippen molar-refractivity contribution >= 4 is 5.91 Å². The molecule has 0 bridgehead atoms. The summed E-state index contributed by atoms with van der Waals surface area (Å²) in [6.45, 7) is 3.02. The molecule has 0 unspecified atom stereocenters. The Hall–Kier alpha value is -2.24. The third kappa shape index (κ3) is 1.85. The molecule has 18 heavy (non-hydrogen) atoms. The molecule has 3 rings (SSSR count). The molecule has 0 spiro atoms. The Bertz CT molecular complexity index is 560. The van der Waals surface area contributed by atoms with Crippen LogP contribution in [0.5, 0.6) is 0 Å². The van der Waals surface area contributed by atoms with Crippen molar-refractivity contribution in [1.29, 1.82) is 0 Å². The van der Waals surface area contributed by atoms with Crippen LogP contribution in [-0.2, 0) is 0 Å². The molecule has 0 atom stereocenters. The molecule has 1 aliphatic heterocycles. The van der Waals surface area contributed by atoms with Crippen LogP contribution in [0.3, 0.4) is 0 Å². The average Bonchev–Trinajstić information content (AvgIpc) is 2.75. The number of amides is 1. The highest BCUT2D eigenvalue weighted by Crippen LogP contribution is 2.26. The monoisotopic (exact) mass is 244 g/mol. The van der Waals surface area contributed by atoms with Crippen molar-refractivity contribution in [3.05, 3.63) is 41.8 Å². The standard InChI is InChI=1S/C12H12N4O2/c1-8-14-11(18-15-8)10-6-16(7-10)12(17)9-3-2-4-13-5-9/h2-5,10H,6-7H2,1H3. The molecule has 2 aromatic heterocycles. The summed E-state index contributed by atoms with van der Waals surface area (Å²) in [6.07, 6.45) is 3.23. The Kier molecular flexibility index (Phi) is 2.55. The molecule has 1 saturated heterocycles. The van der Waals surface area contributed by atoms with E-state index in [2.05, 4.69) is 15.1 Å². The summed E-state index contributed by atoms with van der Waals surface area (Å²) < 4.78 is 5.09. The SMILES string of the molecule is Cc1noc(C2CN(C(=O)c3cccnc3)C2)n1. The number of aromatic nitrogens is 3. The minimum absolute atomic E-state index is 0.00409. The van der Waals surface area contributed by atoms with Crippen molar-refractivity contribution in [2.75, 3.05) is 13.1 Å². The van der Waals surface area contributed by atoms with Gasteiger partial charge in [0.1, 0.15) is 0 Å². The van der Waals surface area contributed by atoms with Crippen LogP contribution < -0.4 is 0 Å². The van der Waals surface area contributed by atoms with Gasteiger partial charge < -0.3 is 9.42 Å². The maximum Gasteiger partial charge on any atom is 0.255 e. The van der Waals surface area contributed by atoms with Gasteiger partial charge in [-0.2, -0.15) is 4.98 Å². The summed E-state index contributed by atoms with van der Waals surface area (Å²) in [5, 5.41) is 3.75. The van der Waals surface area contributed by atoms with Gasteiger partial charge in [0.2, 0.25) is 5.89 Å². The second-order valence-corrected chi connectivity index (χ2v) is 4.33. The van der Waals surface area contributed by atoms with Crippen LogP contribution in [0.1, 0.15) is 28.0 Å². The first-order valence-electron chi connectivity index (χ1n) is 5.73. The van der Waals surface area contributed by atoms with Crippen molar-refractivity contribution in [2.45, 2.75) is 12.8 Å². The summed E-state index contributed by atoms with van der Waals surface area (Å²) in [4.78, 5) is 21.9. The van der Waals surface area contributed by atoms with E-state index >= 15 is 0 Å². The Balaban J connectivity index is 1.64. The lowest BCUT2D eigenvalue weighted by molar-refractivity contribution is 0.0569. The minimum atomic E-state index is -0.00409. The molecule has 1 aliphatic rings. The largest absolute Gasteiger partial charge is 0.339 e. The number of pyridine rings is 1. The fraction of sp³-hybridized carbons (Fsp3) is 0.333. The van der Waals surface area contributed by atoms with Gasteiger partial charge in [-0.25, -0.2) is 0 Å². The molecule has 6 heteroatoms. The van der Waals surface area contributed by atoms with E-state index in [1.807, 2.05) is 0 Å². The van der Waals surface area contributed by atoms with Crippen LogP contribution >= 0.6 is 0 Å². The van der Waals surface area contributed by atoms with Crippen molar-refractivity contribution in [2.24, 2.45) is 0 Å². The van der Waals surface area contributed by atoms with Crippen LogP contribution in [0.15, 0.2) is 29.0 Å². The van der Waals surface area contributed by atoms with Gasteiger partial charge in [0.05, 0.1) is 11.5 Å². The molecule has 0 N–H and O–H groups in total. The third-order valence-electron chi connectivity index (χ3n) is 2.97. The zero-order valence-corrected chi connectivity index (χ0v) is 9.91. The summed E-state index contributed by atoms with van der Waals surface area (Å²) in [5.41, 5.74) is 0.609. The quantitative estimate of drug-likeness (QED) is 0.788. The van der Waals surface area contributed by atoms with Gasteiger partial charge in [0.25, 0.3) is 5.91 Å². The first-order chi connectivity index (χ1) is 8.74. The number of rotatable bonds is 2. The molecule has 0 radical (unpaired) electrons. The third-order valence-corrected chi connectivity index (χ3v) is 2.97. The molecule has 92 valence electrons. The highest BCUT2D eigenvalue weighted by molar-refractivity contribution is 5.94. The Morgan fingerprint density at radius 1 is 1.50 bits per heavy atom. The fourth-order valence-electron chi connectivity index (χ4n) is 1.95. The van der Waals surface area contributed by atoms with Gasteiger partial charge in [-0.05, 0) is 19.1 Å². The summed E-state index contributed by atoms with van der Waals surface area (Å²) in [6, 6.07) is 3.52. The lowest BCUT2D eigenvalue weighted by Gasteiger charge is -2.37. The summed E-state index contributed by atoms with van der Waals surface area (Å²) in [5.74, 6) is 1.40. The topological polar surface area (TPSA) is 72.1 Å². The number of hydrogen-bond donors (Lipinski definition) is 0. The predicted octanol–water partition coefficient (Wildman–Crippen LogP) is 1.01. The van der Waals surface area contributed by atoms with Crippen LogP contribution in [0.4, 0.5) is 0 Å². The lowest BCUT2D eigenvalue weighted by atomic mass is 9.99. The molecule has 2 aromatic rings. The molecule has 1 amide bonds. The van der Waals surface area contributed by atoms with Gasteiger partial charge in [-0.15, -0.1) is 0 Å². The molecule has 6 nitrogen and oxygen atoms in total. The van der Waals surface area contributed by atoms with Crippen molar-refractivity contribution in [3.63, 3.8) is 0 Å². The first-order valence-corrected chi connectivity index (χ1v) is 5.73. The van der Waals surface area contributed by atoms with Gasteiger partial charge >= 0.3 is 0 Å². The van der Waals surface area contributed by atoms with Gasteiger partial charge in [-0.3, -0.25) is 9.78 Å². The molecule has 3 heterocycles. The van der Waals surface area contributed by atoms with E-state index < -0.39 is 0 Å². The number of hydrogen-bond acceptors (Lipinski definition) is 5. The Morgan fingerprint density at radius 2 is 2.33 bits per heavy atom. The first kappa shape index (κ1) is 10.9. The van der Waals surface area contributed by atoms with Crippen LogP contribution in [0, 0.1) is 6.92 Å². The van der Waals surface area contributed by atoms with Gasteiger partial charge in [0.15, 0.2) is 5.82 Å². The molecule has 0 aromatic carbocycles. The number of nitrogens with zero attached hydrogens (tertiary/aromatic N) is 4. The maximum atomic E-state index is 12.0. The van der Waals surface area contributed by atoms with E-state index in [-0.39, 0.29) is 11.8 Å². The predicted molar refractivity (Wildman–Crippen MR) is 61.9 cm³/mol. The van der Waals surface area contributed by atoms with E-state index in [4.69, 9.17) is 4.52 Å². The normalized spacial score (nSPS) is 15.5. The minimum Gasteiger partial charge on any atom is -0.339 e. The Labute approximate surface area is 104 Å².